The summed E-state index contributed by atoms with van der Waals surface area (Å²) in [6.07, 6.45) is 4.56. The molecule has 1 aliphatic heterocycles. The maximum atomic E-state index is 13.1. The van der Waals surface area contributed by atoms with Crippen molar-refractivity contribution in [3.8, 4) is 11.6 Å². The number of ether oxygens (including phenoxy) is 1. The number of nitrogens with one attached hydrogen (secondary N) is 1. The van der Waals surface area contributed by atoms with Gasteiger partial charge >= 0.3 is 0 Å². The molecule has 0 aliphatic carbocycles. The minimum Gasteiger partial charge on any atom is -0.439 e. The van der Waals surface area contributed by atoms with Crippen molar-refractivity contribution < 1.29 is 14.5 Å². The van der Waals surface area contributed by atoms with E-state index < -0.39 is 4.92 Å². The minimum absolute atomic E-state index is 0.0685. The fraction of sp³-hybridized carbons (Fsp3) is 0.364. The second-order valence-electron chi connectivity index (χ2n) is 7.70. The number of aromatic nitrogens is 2. The summed E-state index contributed by atoms with van der Waals surface area (Å²) in [5.41, 5.74) is 1.94. The van der Waals surface area contributed by atoms with Crippen molar-refractivity contribution in [1.82, 2.24) is 14.9 Å². The molecule has 31 heavy (non-hydrogen) atoms. The molecule has 3 heterocycles. The average Bonchev–Trinajstić information content (AvgIpc) is 3.37. The van der Waals surface area contributed by atoms with Gasteiger partial charge in [0.25, 0.3) is 5.69 Å². The number of hydrogen-bond acceptors (Lipinski definition) is 6. The lowest BCUT2D eigenvalue weighted by Gasteiger charge is -2.25. The molecule has 162 valence electrons. The van der Waals surface area contributed by atoms with Crippen molar-refractivity contribution in [2.75, 3.05) is 11.6 Å². The molecular formula is C22H24N4O4S. The number of amides is 1. The summed E-state index contributed by atoms with van der Waals surface area (Å²) in [6, 6.07) is 8.76. The maximum absolute atomic E-state index is 13.1. The molecule has 1 saturated heterocycles. The summed E-state index contributed by atoms with van der Waals surface area (Å²) in [4.78, 5) is 32.6. The van der Waals surface area contributed by atoms with Crippen molar-refractivity contribution >= 4 is 34.3 Å². The first-order valence-corrected chi connectivity index (χ1v) is 11.4. The first-order chi connectivity index (χ1) is 15.0. The van der Waals surface area contributed by atoms with E-state index in [1.165, 1.54) is 18.3 Å². The number of carbonyl (C=O) groups excluding carboxylic acids is 1. The molecule has 0 radical (unpaired) electrons. The van der Waals surface area contributed by atoms with Crippen LogP contribution >= 0.6 is 11.8 Å². The second-order valence-corrected chi connectivity index (χ2v) is 8.70. The number of nitrogens with zero attached hydrogens (tertiary/aromatic N) is 3. The van der Waals surface area contributed by atoms with Crippen molar-refractivity contribution in [3.05, 3.63) is 58.4 Å². The molecule has 0 spiro atoms. The predicted molar refractivity (Wildman–Crippen MR) is 120 cm³/mol. The van der Waals surface area contributed by atoms with Gasteiger partial charge < -0.3 is 14.6 Å². The first kappa shape index (κ1) is 21.2. The monoisotopic (exact) mass is 440 g/mol. The number of pyridine rings is 1. The number of carbonyl (C=O) groups is 1. The fourth-order valence-corrected chi connectivity index (χ4v) is 4.98. The Morgan fingerprint density at radius 1 is 1.42 bits per heavy atom. The molecule has 1 fully saturated rings. The molecule has 8 nitrogen and oxygen atoms in total. The summed E-state index contributed by atoms with van der Waals surface area (Å²) >= 11 is 1.80. The summed E-state index contributed by atoms with van der Waals surface area (Å²) in [7, 11) is 0. The van der Waals surface area contributed by atoms with Gasteiger partial charge in [0, 0.05) is 46.9 Å². The number of hydrogen-bond donors (Lipinski definition) is 1. The van der Waals surface area contributed by atoms with Gasteiger partial charge in [0.1, 0.15) is 11.9 Å². The predicted octanol–water partition coefficient (Wildman–Crippen LogP) is 4.75. The zero-order valence-electron chi connectivity index (χ0n) is 17.4. The lowest BCUT2D eigenvalue weighted by Crippen LogP contribution is -2.39. The molecule has 9 heteroatoms. The molecular weight excluding hydrogens is 416 g/mol. The van der Waals surface area contributed by atoms with E-state index in [9.17, 15) is 14.9 Å². The molecule has 2 atom stereocenters. The van der Waals surface area contributed by atoms with Crippen molar-refractivity contribution in [3.63, 3.8) is 0 Å². The van der Waals surface area contributed by atoms with Gasteiger partial charge in [-0.2, -0.15) is 0 Å². The number of thioether (sulfide) groups is 1. The third-order valence-electron chi connectivity index (χ3n) is 5.61. The molecule has 0 bridgehead atoms. The topological polar surface area (TPSA) is 101 Å². The van der Waals surface area contributed by atoms with Crippen LogP contribution in [0.15, 0.2) is 42.7 Å². The van der Waals surface area contributed by atoms with Crippen molar-refractivity contribution in [2.24, 2.45) is 5.92 Å². The summed E-state index contributed by atoms with van der Waals surface area (Å²) in [5.74, 6) is 2.78. The quantitative estimate of drug-likeness (QED) is 0.420. The zero-order valence-corrected chi connectivity index (χ0v) is 18.2. The molecule has 4 rings (SSSR count). The van der Waals surface area contributed by atoms with Crippen LogP contribution in [0.25, 0.3) is 10.9 Å². The zero-order chi connectivity index (χ0) is 22.0. The number of nitro groups is 1. The Balaban J connectivity index is 1.53. The molecule has 1 amide bonds. The number of benzene rings is 1. The minimum atomic E-state index is -0.498. The summed E-state index contributed by atoms with van der Waals surface area (Å²) in [6.45, 7) is 4.16. The molecule has 0 unspecified atom stereocenters. The first-order valence-electron chi connectivity index (χ1n) is 10.2. The van der Waals surface area contributed by atoms with E-state index in [-0.39, 0.29) is 29.4 Å². The van der Waals surface area contributed by atoms with Crippen molar-refractivity contribution in [1.29, 1.82) is 0 Å². The van der Waals surface area contributed by atoms with Gasteiger partial charge in [-0.3, -0.25) is 14.9 Å². The van der Waals surface area contributed by atoms with Crippen LogP contribution in [0.4, 0.5) is 5.69 Å². The lowest BCUT2D eigenvalue weighted by molar-refractivity contribution is -0.385. The van der Waals surface area contributed by atoms with Crippen LogP contribution in [0, 0.1) is 16.0 Å². The van der Waals surface area contributed by atoms with Gasteiger partial charge in [-0.15, -0.1) is 11.8 Å². The molecule has 1 aliphatic rings. The lowest BCUT2D eigenvalue weighted by atomic mass is 9.95. The smallest absolute Gasteiger partial charge is 0.287 e. The van der Waals surface area contributed by atoms with E-state index in [1.807, 2.05) is 29.3 Å². The Bertz CT molecular complexity index is 1100. The Kier molecular flexibility index (Phi) is 6.13. The largest absolute Gasteiger partial charge is 0.439 e. The molecule has 1 N–H and O–H groups in total. The van der Waals surface area contributed by atoms with Crippen LogP contribution in [0.5, 0.6) is 11.6 Å². The number of H-pyrrole nitrogens is 1. The van der Waals surface area contributed by atoms with Crippen LogP contribution in [0.3, 0.4) is 0 Å². The average molecular weight is 441 g/mol. The normalized spacial score (nSPS) is 17.1. The Morgan fingerprint density at radius 3 is 2.90 bits per heavy atom. The number of rotatable bonds is 7. The van der Waals surface area contributed by atoms with E-state index in [2.05, 4.69) is 23.8 Å². The van der Waals surface area contributed by atoms with Gasteiger partial charge in [0.15, 0.2) is 0 Å². The van der Waals surface area contributed by atoms with Crippen LogP contribution in [0.2, 0.25) is 0 Å². The summed E-state index contributed by atoms with van der Waals surface area (Å²) < 4.78 is 5.79. The van der Waals surface area contributed by atoms with E-state index in [0.717, 1.165) is 34.5 Å². The van der Waals surface area contributed by atoms with Gasteiger partial charge in [-0.05, 0) is 43.5 Å². The van der Waals surface area contributed by atoms with Gasteiger partial charge in [-0.1, -0.05) is 6.92 Å². The molecule has 1 aromatic carbocycles. The highest BCUT2D eigenvalue weighted by atomic mass is 32.2. The van der Waals surface area contributed by atoms with E-state index >= 15 is 0 Å². The molecule has 3 aromatic rings. The SMILES string of the molecule is CC[C@@H](Cc1c[nH]c2ccc(Oc3ccc([N+](=O)[O-])cn3)cc12)C(=O)N1CSC[C@@H]1C. The van der Waals surface area contributed by atoms with Crippen LogP contribution in [-0.2, 0) is 11.2 Å². The Hall–Kier alpha value is -3.07. The van der Waals surface area contributed by atoms with Crippen LogP contribution in [-0.4, -0.2) is 43.4 Å². The third-order valence-corrected chi connectivity index (χ3v) is 6.78. The third kappa shape index (κ3) is 4.51. The summed E-state index contributed by atoms with van der Waals surface area (Å²) in [5, 5.41) is 11.8. The number of aromatic amines is 1. The standard InChI is InChI=1S/C22H24N4O4S/c1-3-15(22(27)25-13-31-12-14(25)2)8-16-10-23-20-6-5-18(9-19(16)20)30-21-7-4-17(11-24-21)26(28)29/h4-7,9-11,14-15,23H,3,8,12-13H2,1-2H3/t14-,15-/m0/s1. The maximum Gasteiger partial charge on any atom is 0.287 e. The second kappa shape index (κ2) is 8.97. The highest BCUT2D eigenvalue weighted by molar-refractivity contribution is 7.99. The Labute approximate surface area is 184 Å². The fourth-order valence-electron chi connectivity index (χ4n) is 3.78. The van der Waals surface area contributed by atoms with Gasteiger partial charge in [0.05, 0.1) is 10.8 Å². The van der Waals surface area contributed by atoms with Gasteiger partial charge in [0.2, 0.25) is 11.8 Å². The van der Waals surface area contributed by atoms with Gasteiger partial charge in [-0.25, -0.2) is 4.98 Å². The van der Waals surface area contributed by atoms with E-state index in [0.29, 0.717) is 12.2 Å². The van der Waals surface area contributed by atoms with Crippen molar-refractivity contribution in [2.45, 2.75) is 32.7 Å². The molecule has 2 aromatic heterocycles. The van der Waals surface area contributed by atoms with E-state index in [1.54, 1.807) is 11.8 Å². The van der Waals surface area contributed by atoms with Crippen LogP contribution in [0.1, 0.15) is 25.8 Å². The highest BCUT2D eigenvalue weighted by Gasteiger charge is 2.30. The highest BCUT2D eigenvalue weighted by Crippen LogP contribution is 2.30. The van der Waals surface area contributed by atoms with E-state index in [4.69, 9.17) is 4.74 Å². The number of fused-ring (bicyclic) bond motifs is 1. The van der Waals surface area contributed by atoms with Crippen LogP contribution < -0.4 is 4.74 Å². The Morgan fingerprint density at radius 2 is 2.26 bits per heavy atom. The molecule has 0 saturated carbocycles.